The van der Waals surface area contributed by atoms with Crippen molar-refractivity contribution in [3.8, 4) is 0 Å². The Labute approximate surface area is 94.7 Å². The summed E-state index contributed by atoms with van der Waals surface area (Å²) in [6, 6.07) is 7.74. The number of anilines is 2. The van der Waals surface area contributed by atoms with Crippen molar-refractivity contribution < 1.29 is 0 Å². The molecule has 0 fully saturated rings. The molecule has 0 aliphatic carbocycles. The summed E-state index contributed by atoms with van der Waals surface area (Å²) in [6.45, 7) is 3.32. The van der Waals surface area contributed by atoms with E-state index in [1.54, 1.807) is 0 Å². The van der Waals surface area contributed by atoms with Crippen molar-refractivity contribution >= 4 is 22.3 Å². The molecule has 1 aromatic heterocycles. The summed E-state index contributed by atoms with van der Waals surface area (Å²) in [5, 5.41) is 4.33. The highest BCUT2D eigenvalue weighted by atomic mass is 14.9. The number of fused-ring (bicyclic) bond motifs is 1. The standard InChI is InChI=1S/C12H16N4/c1-8-6-12(15-5-4-13)10-7-9(14)2-3-11(10)16-8/h2-3,6-7H,4-5,13-14H2,1H3,(H,15,16). The predicted molar refractivity (Wildman–Crippen MR) is 68.4 cm³/mol. The SMILES string of the molecule is Cc1cc(NCCN)c2cc(N)ccc2n1. The number of nitrogens with one attached hydrogen (secondary N) is 1. The molecule has 0 saturated carbocycles. The molecule has 2 rings (SSSR count). The van der Waals surface area contributed by atoms with E-state index in [0.29, 0.717) is 6.54 Å². The van der Waals surface area contributed by atoms with Gasteiger partial charge in [-0.05, 0) is 31.2 Å². The molecule has 0 amide bonds. The van der Waals surface area contributed by atoms with Gasteiger partial charge in [-0.2, -0.15) is 0 Å². The van der Waals surface area contributed by atoms with Gasteiger partial charge in [-0.25, -0.2) is 0 Å². The molecule has 0 bridgehead atoms. The number of nitrogens with two attached hydrogens (primary N) is 2. The Hall–Kier alpha value is -1.81. The third-order valence-electron chi connectivity index (χ3n) is 2.42. The van der Waals surface area contributed by atoms with Crippen LogP contribution in [0.3, 0.4) is 0 Å². The number of nitrogens with zero attached hydrogens (tertiary/aromatic N) is 1. The lowest BCUT2D eigenvalue weighted by Crippen LogP contribution is -2.13. The molecular weight excluding hydrogens is 200 g/mol. The van der Waals surface area contributed by atoms with Crippen LogP contribution >= 0.6 is 0 Å². The van der Waals surface area contributed by atoms with Crippen molar-refractivity contribution in [3.63, 3.8) is 0 Å². The van der Waals surface area contributed by atoms with E-state index in [9.17, 15) is 0 Å². The smallest absolute Gasteiger partial charge is 0.0727 e. The molecule has 0 aliphatic heterocycles. The zero-order chi connectivity index (χ0) is 11.5. The van der Waals surface area contributed by atoms with E-state index < -0.39 is 0 Å². The second-order valence-electron chi connectivity index (χ2n) is 3.80. The summed E-state index contributed by atoms with van der Waals surface area (Å²) >= 11 is 0. The lowest BCUT2D eigenvalue weighted by Gasteiger charge is -2.10. The topological polar surface area (TPSA) is 77.0 Å². The molecule has 0 spiro atoms. The minimum Gasteiger partial charge on any atom is -0.399 e. The maximum atomic E-state index is 5.78. The number of nitrogen functional groups attached to an aromatic ring is 1. The molecule has 16 heavy (non-hydrogen) atoms. The fourth-order valence-corrected chi connectivity index (χ4v) is 1.73. The van der Waals surface area contributed by atoms with E-state index in [1.807, 2.05) is 31.2 Å². The number of aromatic nitrogens is 1. The van der Waals surface area contributed by atoms with Gasteiger partial charge >= 0.3 is 0 Å². The second-order valence-corrected chi connectivity index (χ2v) is 3.80. The first-order valence-corrected chi connectivity index (χ1v) is 5.31. The number of aryl methyl sites for hydroxylation is 1. The Bertz CT molecular complexity index is 508. The quantitative estimate of drug-likeness (QED) is 0.679. The van der Waals surface area contributed by atoms with Crippen molar-refractivity contribution in [2.24, 2.45) is 5.73 Å². The van der Waals surface area contributed by atoms with Crippen LogP contribution in [-0.2, 0) is 0 Å². The van der Waals surface area contributed by atoms with Crippen molar-refractivity contribution in [1.82, 2.24) is 4.98 Å². The zero-order valence-corrected chi connectivity index (χ0v) is 9.33. The molecular formula is C12H16N4. The largest absolute Gasteiger partial charge is 0.399 e. The van der Waals surface area contributed by atoms with E-state index in [2.05, 4.69) is 10.3 Å². The van der Waals surface area contributed by atoms with Gasteiger partial charge < -0.3 is 16.8 Å². The van der Waals surface area contributed by atoms with Crippen LogP contribution in [0.4, 0.5) is 11.4 Å². The van der Waals surface area contributed by atoms with E-state index in [4.69, 9.17) is 11.5 Å². The van der Waals surface area contributed by atoms with Crippen molar-refractivity contribution in [2.45, 2.75) is 6.92 Å². The fraction of sp³-hybridized carbons (Fsp3) is 0.250. The third kappa shape index (κ3) is 2.06. The van der Waals surface area contributed by atoms with Gasteiger partial charge in [-0.15, -0.1) is 0 Å². The van der Waals surface area contributed by atoms with Crippen LogP contribution < -0.4 is 16.8 Å². The number of benzene rings is 1. The average Bonchev–Trinajstić information content (AvgIpc) is 2.26. The Morgan fingerprint density at radius 2 is 2.12 bits per heavy atom. The number of rotatable bonds is 3. The van der Waals surface area contributed by atoms with Gasteiger partial charge in [0.2, 0.25) is 0 Å². The summed E-state index contributed by atoms with van der Waals surface area (Å²) < 4.78 is 0. The highest BCUT2D eigenvalue weighted by Crippen LogP contribution is 2.24. The third-order valence-corrected chi connectivity index (χ3v) is 2.42. The van der Waals surface area contributed by atoms with Gasteiger partial charge in [0.05, 0.1) is 5.52 Å². The predicted octanol–water partition coefficient (Wildman–Crippen LogP) is 1.50. The first-order valence-electron chi connectivity index (χ1n) is 5.31. The summed E-state index contributed by atoms with van der Waals surface area (Å²) in [5.74, 6) is 0. The lowest BCUT2D eigenvalue weighted by atomic mass is 10.1. The van der Waals surface area contributed by atoms with Gasteiger partial charge in [0.15, 0.2) is 0 Å². The molecule has 4 nitrogen and oxygen atoms in total. The molecule has 2 aromatic rings. The monoisotopic (exact) mass is 216 g/mol. The van der Waals surface area contributed by atoms with Gasteiger partial charge in [-0.3, -0.25) is 4.98 Å². The number of pyridine rings is 1. The van der Waals surface area contributed by atoms with E-state index in [1.165, 1.54) is 0 Å². The Morgan fingerprint density at radius 3 is 2.88 bits per heavy atom. The van der Waals surface area contributed by atoms with E-state index >= 15 is 0 Å². The molecule has 0 atom stereocenters. The maximum absolute atomic E-state index is 5.78. The fourth-order valence-electron chi connectivity index (χ4n) is 1.73. The summed E-state index contributed by atoms with van der Waals surface area (Å²) in [6.07, 6.45) is 0. The molecule has 0 aliphatic rings. The van der Waals surface area contributed by atoms with Gasteiger partial charge in [0.25, 0.3) is 0 Å². The number of hydrogen-bond acceptors (Lipinski definition) is 4. The molecule has 5 N–H and O–H groups in total. The lowest BCUT2D eigenvalue weighted by molar-refractivity contribution is 1.02. The molecule has 0 saturated heterocycles. The minimum atomic E-state index is 0.602. The van der Waals surface area contributed by atoms with Crippen LogP contribution in [0.1, 0.15) is 5.69 Å². The molecule has 4 heteroatoms. The highest BCUT2D eigenvalue weighted by molar-refractivity contribution is 5.93. The minimum absolute atomic E-state index is 0.602. The molecule has 1 heterocycles. The number of hydrogen-bond donors (Lipinski definition) is 3. The molecule has 0 unspecified atom stereocenters. The average molecular weight is 216 g/mol. The normalized spacial score (nSPS) is 10.6. The van der Waals surface area contributed by atoms with Crippen molar-refractivity contribution in [3.05, 3.63) is 30.0 Å². The zero-order valence-electron chi connectivity index (χ0n) is 9.33. The Morgan fingerprint density at radius 1 is 1.31 bits per heavy atom. The molecule has 84 valence electrons. The first kappa shape index (κ1) is 10.7. The van der Waals surface area contributed by atoms with Crippen LogP contribution in [0.25, 0.3) is 10.9 Å². The highest BCUT2D eigenvalue weighted by Gasteiger charge is 2.03. The Balaban J connectivity index is 2.55. The maximum Gasteiger partial charge on any atom is 0.0727 e. The molecule has 0 radical (unpaired) electrons. The van der Waals surface area contributed by atoms with Crippen molar-refractivity contribution in [1.29, 1.82) is 0 Å². The van der Waals surface area contributed by atoms with Crippen LogP contribution in [0, 0.1) is 6.92 Å². The summed E-state index contributed by atoms with van der Waals surface area (Å²) in [7, 11) is 0. The summed E-state index contributed by atoms with van der Waals surface area (Å²) in [5.41, 5.74) is 15.0. The van der Waals surface area contributed by atoms with Gasteiger partial charge in [-0.1, -0.05) is 0 Å². The molecule has 1 aromatic carbocycles. The first-order chi connectivity index (χ1) is 7.70. The summed E-state index contributed by atoms with van der Waals surface area (Å²) in [4.78, 5) is 4.46. The van der Waals surface area contributed by atoms with E-state index in [0.717, 1.165) is 34.5 Å². The van der Waals surface area contributed by atoms with Crippen LogP contribution in [0.2, 0.25) is 0 Å². The van der Waals surface area contributed by atoms with E-state index in [-0.39, 0.29) is 0 Å². The van der Waals surface area contributed by atoms with Crippen LogP contribution in [-0.4, -0.2) is 18.1 Å². The Kier molecular flexibility index (Phi) is 2.92. The second kappa shape index (κ2) is 4.37. The van der Waals surface area contributed by atoms with Crippen LogP contribution in [0.5, 0.6) is 0 Å². The van der Waals surface area contributed by atoms with Crippen LogP contribution in [0.15, 0.2) is 24.3 Å². The van der Waals surface area contributed by atoms with Gasteiger partial charge in [0.1, 0.15) is 0 Å². The van der Waals surface area contributed by atoms with Gasteiger partial charge in [0, 0.05) is 35.5 Å². The van der Waals surface area contributed by atoms with Crippen molar-refractivity contribution in [2.75, 3.05) is 24.1 Å².